The topological polar surface area (TPSA) is 24.1 Å². The first-order valence-corrected chi connectivity index (χ1v) is 7.71. The van der Waals surface area contributed by atoms with E-state index >= 15 is 0 Å². The molecule has 2 rings (SSSR count). The normalized spacial score (nSPS) is 12.4. The van der Waals surface area contributed by atoms with Crippen molar-refractivity contribution in [1.82, 2.24) is 5.32 Å². The molecule has 0 spiro atoms. The largest absolute Gasteiger partial charge is 0.383 e. The van der Waals surface area contributed by atoms with Gasteiger partial charge in [-0.15, -0.1) is 9.24 Å². The summed E-state index contributed by atoms with van der Waals surface area (Å²) >= 11 is 0. The Morgan fingerprint density at radius 3 is 2.45 bits per heavy atom. The Labute approximate surface area is 124 Å². The molecule has 0 saturated carbocycles. The summed E-state index contributed by atoms with van der Waals surface area (Å²) in [6.07, 6.45) is 0. The first-order chi connectivity index (χ1) is 9.65. The van der Waals surface area contributed by atoms with Gasteiger partial charge in [-0.25, -0.2) is 0 Å². The molecule has 2 unspecified atom stereocenters. The fraction of sp³-hybridized carbons (Fsp3) is 0.294. The molecule has 0 aliphatic heterocycles. The molecule has 2 aromatic carbocycles. The van der Waals surface area contributed by atoms with Crippen LogP contribution in [0.25, 0.3) is 0 Å². The highest BCUT2D eigenvalue weighted by Crippen LogP contribution is 2.20. The van der Waals surface area contributed by atoms with Gasteiger partial charge in [0.15, 0.2) is 0 Å². The Morgan fingerprint density at radius 1 is 1.00 bits per heavy atom. The number of benzene rings is 2. The lowest BCUT2D eigenvalue weighted by atomic mass is 10.1. The van der Waals surface area contributed by atoms with Crippen LogP contribution >= 0.6 is 9.24 Å². The van der Waals surface area contributed by atoms with Crippen LogP contribution in [0, 0.1) is 0 Å². The second kappa shape index (κ2) is 7.42. The lowest BCUT2D eigenvalue weighted by Gasteiger charge is -2.15. The first-order valence-electron chi connectivity index (χ1n) is 7.04. The maximum Gasteiger partial charge on any atom is 0.0466 e. The van der Waals surface area contributed by atoms with E-state index in [4.69, 9.17) is 0 Å². The second-order valence-corrected chi connectivity index (χ2v) is 5.94. The standard InChI is InChI=1S/C17H23N2P/c1-13(2)19-16-10-6-7-14(11-16)12-18-17(20)15-8-4-3-5-9-15/h3-11,13,17-19H,12,20H2,1-2H3. The van der Waals surface area contributed by atoms with Gasteiger partial charge in [-0.3, -0.25) is 0 Å². The van der Waals surface area contributed by atoms with Gasteiger partial charge in [-0.05, 0) is 37.1 Å². The van der Waals surface area contributed by atoms with Crippen LogP contribution in [0.4, 0.5) is 5.69 Å². The first kappa shape index (κ1) is 15.0. The van der Waals surface area contributed by atoms with Gasteiger partial charge in [0.1, 0.15) is 0 Å². The molecule has 2 nitrogen and oxygen atoms in total. The number of rotatable bonds is 6. The van der Waals surface area contributed by atoms with E-state index in [0.29, 0.717) is 6.04 Å². The molecule has 106 valence electrons. The Kier molecular flexibility index (Phi) is 5.58. The fourth-order valence-corrected chi connectivity index (χ4v) is 2.45. The summed E-state index contributed by atoms with van der Waals surface area (Å²) in [5.74, 6) is 0.276. The average molecular weight is 286 g/mol. The van der Waals surface area contributed by atoms with Crippen LogP contribution in [0.1, 0.15) is 30.8 Å². The second-order valence-electron chi connectivity index (χ2n) is 5.27. The lowest BCUT2D eigenvalue weighted by Crippen LogP contribution is -2.16. The predicted octanol–water partition coefficient (Wildman–Crippen LogP) is 4.17. The molecule has 0 amide bonds. The number of hydrogen-bond donors (Lipinski definition) is 2. The number of hydrogen-bond acceptors (Lipinski definition) is 2. The minimum absolute atomic E-state index is 0.276. The molecule has 0 aliphatic carbocycles. The molecule has 0 aromatic heterocycles. The van der Waals surface area contributed by atoms with Crippen molar-refractivity contribution in [2.75, 3.05) is 5.32 Å². The van der Waals surface area contributed by atoms with Gasteiger partial charge >= 0.3 is 0 Å². The molecule has 0 saturated heterocycles. The Bertz CT molecular complexity index is 526. The monoisotopic (exact) mass is 286 g/mol. The molecule has 0 fully saturated rings. The molecule has 0 aliphatic rings. The van der Waals surface area contributed by atoms with Crippen molar-refractivity contribution in [3.05, 3.63) is 65.7 Å². The van der Waals surface area contributed by atoms with Crippen LogP contribution in [0.15, 0.2) is 54.6 Å². The Morgan fingerprint density at radius 2 is 1.75 bits per heavy atom. The molecule has 2 aromatic rings. The van der Waals surface area contributed by atoms with Gasteiger partial charge in [0, 0.05) is 24.1 Å². The van der Waals surface area contributed by atoms with Crippen molar-refractivity contribution in [3.63, 3.8) is 0 Å². The zero-order valence-electron chi connectivity index (χ0n) is 12.1. The molecule has 20 heavy (non-hydrogen) atoms. The van der Waals surface area contributed by atoms with Gasteiger partial charge in [0.25, 0.3) is 0 Å². The average Bonchev–Trinajstić information content (AvgIpc) is 2.45. The zero-order valence-corrected chi connectivity index (χ0v) is 13.3. The maximum atomic E-state index is 3.53. The van der Waals surface area contributed by atoms with E-state index in [1.807, 2.05) is 6.07 Å². The molecular formula is C17H23N2P. The van der Waals surface area contributed by atoms with Gasteiger partial charge in [-0.2, -0.15) is 0 Å². The van der Waals surface area contributed by atoms with E-state index < -0.39 is 0 Å². The van der Waals surface area contributed by atoms with Crippen LogP contribution in [-0.4, -0.2) is 6.04 Å². The third-order valence-corrected chi connectivity index (χ3v) is 3.69. The minimum Gasteiger partial charge on any atom is -0.383 e. The third kappa shape index (κ3) is 4.63. The maximum absolute atomic E-state index is 3.53. The summed E-state index contributed by atoms with van der Waals surface area (Å²) < 4.78 is 0. The van der Waals surface area contributed by atoms with E-state index in [1.165, 1.54) is 16.8 Å². The smallest absolute Gasteiger partial charge is 0.0466 e. The summed E-state index contributed by atoms with van der Waals surface area (Å²) in [7, 11) is 2.86. The lowest BCUT2D eigenvalue weighted by molar-refractivity contribution is 0.678. The Hall–Kier alpha value is -1.37. The van der Waals surface area contributed by atoms with E-state index in [1.54, 1.807) is 0 Å². The van der Waals surface area contributed by atoms with Crippen molar-refractivity contribution in [1.29, 1.82) is 0 Å². The van der Waals surface area contributed by atoms with Crippen LogP contribution < -0.4 is 10.6 Å². The summed E-state index contributed by atoms with van der Waals surface area (Å²) in [6, 6.07) is 19.5. The van der Waals surface area contributed by atoms with Crippen molar-refractivity contribution < 1.29 is 0 Å². The molecule has 2 N–H and O–H groups in total. The van der Waals surface area contributed by atoms with Crippen molar-refractivity contribution in [3.8, 4) is 0 Å². The summed E-state index contributed by atoms with van der Waals surface area (Å²) in [4.78, 5) is 0. The Balaban J connectivity index is 1.94. The highest BCUT2D eigenvalue weighted by atomic mass is 31.0. The fourth-order valence-electron chi connectivity index (χ4n) is 2.11. The summed E-state index contributed by atoms with van der Waals surface area (Å²) in [5, 5.41) is 6.96. The quantitative estimate of drug-likeness (QED) is 0.779. The van der Waals surface area contributed by atoms with Gasteiger partial charge in [-0.1, -0.05) is 42.5 Å². The van der Waals surface area contributed by atoms with Gasteiger partial charge in [0.05, 0.1) is 0 Å². The van der Waals surface area contributed by atoms with Gasteiger partial charge < -0.3 is 10.6 Å². The van der Waals surface area contributed by atoms with E-state index in [9.17, 15) is 0 Å². The molecule has 0 heterocycles. The van der Waals surface area contributed by atoms with Crippen molar-refractivity contribution in [2.45, 2.75) is 32.2 Å². The molecule has 0 radical (unpaired) electrons. The highest BCUT2D eigenvalue weighted by molar-refractivity contribution is 7.17. The minimum atomic E-state index is 0.276. The zero-order chi connectivity index (χ0) is 14.4. The molecular weight excluding hydrogens is 263 g/mol. The summed E-state index contributed by atoms with van der Waals surface area (Å²) in [5.41, 5.74) is 3.76. The van der Waals surface area contributed by atoms with Crippen LogP contribution in [0.5, 0.6) is 0 Å². The third-order valence-electron chi connectivity index (χ3n) is 3.07. The van der Waals surface area contributed by atoms with Crippen LogP contribution in [0.3, 0.4) is 0 Å². The molecule has 2 atom stereocenters. The SMILES string of the molecule is CC(C)Nc1cccc(CNC(P)c2ccccc2)c1. The van der Waals surface area contributed by atoms with E-state index in [0.717, 1.165) is 6.54 Å². The van der Waals surface area contributed by atoms with E-state index in [-0.39, 0.29) is 5.78 Å². The van der Waals surface area contributed by atoms with Crippen molar-refractivity contribution >= 4 is 14.9 Å². The highest BCUT2D eigenvalue weighted by Gasteiger charge is 2.04. The van der Waals surface area contributed by atoms with Crippen molar-refractivity contribution in [2.24, 2.45) is 0 Å². The molecule has 3 heteroatoms. The van der Waals surface area contributed by atoms with E-state index in [2.05, 4.69) is 82.3 Å². The molecule has 0 bridgehead atoms. The van der Waals surface area contributed by atoms with Crippen LogP contribution in [-0.2, 0) is 6.54 Å². The number of nitrogens with one attached hydrogen (secondary N) is 2. The van der Waals surface area contributed by atoms with Crippen LogP contribution in [0.2, 0.25) is 0 Å². The number of anilines is 1. The summed E-state index contributed by atoms with van der Waals surface area (Å²) in [6.45, 7) is 5.16. The predicted molar refractivity (Wildman–Crippen MR) is 90.9 cm³/mol. The van der Waals surface area contributed by atoms with Gasteiger partial charge in [0.2, 0.25) is 0 Å².